The van der Waals surface area contributed by atoms with Crippen LogP contribution in [-0.4, -0.2) is 68.2 Å². The molecule has 1 aliphatic rings. The quantitative estimate of drug-likeness (QED) is 0.411. The van der Waals surface area contributed by atoms with E-state index in [0.29, 0.717) is 31.8 Å². The van der Waals surface area contributed by atoms with E-state index in [2.05, 4.69) is 10.3 Å². The Morgan fingerprint density at radius 3 is 2.30 bits per heavy atom. The molecule has 30 heavy (non-hydrogen) atoms. The maximum Gasteiger partial charge on any atom is 0.324 e. The molecule has 1 saturated heterocycles. The monoisotopic (exact) mass is 411 g/mol. The van der Waals surface area contributed by atoms with Crippen molar-refractivity contribution < 1.29 is 14.3 Å². The summed E-state index contributed by atoms with van der Waals surface area (Å²) in [6.07, 6.45) is 0. The molecular formula is C22H29N5O3. The van der Waals surface area contributed by atoms with Crippen molar-refractivity contribution in [3.8, 4) is 0 Å². The van der Waals surface area contributed by atoms with Crippen molar-refractivity contribution in [2.45, 2.75) is 6.54 Å². The number of nitrogen functional groups attached to an aromatic ring is 1. The fourth-order valence-electron chi connectivity index (χ4n) is 3.46. The molecule has 1 heterocycles. The highest BCUT2D eigenvalue weighted by molar-refractivity contribution is 5.94. The van der Waals surface area contributed by atoms with Crippen LogP contribution < -0.4 is 16.2 Å². The van der Waals surface area contributed by atoms with Gasteiger partial charge in [-0.3, -0.25) is 20.0 Å². The predicted octanol–water partition coefficient (Wildman–Crippen LogP) is 1.68. The number of amides is 3. The van der Waals surface area contributed by atoms with E-state index in [4.69, 9.17) is 10.6 Å². The first-order chi connectivity index (χ1) is 14.6. The molecule has 160 valence electrons. The minimum absolute atomic E-state index is 0.0173. The molecule has 0 unspecified atom stereocenters. The highest BCUT2D eigenvalue weighted by Crippen LogP contribution is 2.20. The SMILES string of the molecule is COCCN1CCN(C(=O)N(Cc2ccc(C(=O)NN)cc2)c2ccccc2)CC1. The van der Waals surface area contributed by atoms with Crippen molar-refractivity contribution in [3.05, 3.63) is 65.7 Å². The molecule has 0 bridgehead atoms. The molecule has 2 aromatic carbocycles. The Labute approximate surface area is 177 Å². The van der Waals surface area contributed by atoms with Crippen LogP contribution >= 0.6 is 0 Å². The summed E-state index contributed by atoms with van der Waals surface area (Å²) in [4.78, 5) is 31.0. The van der Waals surface area contributed by atoms with Crippen LogP contribution in [0.25, 0.3) is 0 Å². The molecule has 0 aliphatic carbocycles. The van der Waals surface area contributed by atoms with E-state index >= 15 is 0 Å². The Morgan fingerprint density at radius 2 is 1.70 bits per heavy atom. The highest BCUT2D eigenvalue weighted by Gasteiger charge is 2.26. The summed E-state index contributed by atoms with van der Waals surface area (Å²) in [7, 11) is 1.70. The summed E-state index contributed by atoms with van der Waals surface area (Å²) < 4.78 is 5.15. The van der Waals surface area contributed by atoms with Crippen LogP contribution in [0.5, 0.6) is 0 Å². The van der Waals surface area contributed by atoms with Gasteiger partial charge in [-0.25, -0.2) is 10.6 Å². The van der Waals surface area contributed by atoms with Crippen LogP contribution in [0.2, 0.25) is 0 Å². The number of nitrogens with zero attached hydrogens (tertiary/aromatic N) is 3. The summed E-state index contributed by atoms with van der Waals surface area (Å²) >= 11 is 0. The second-order valence-electron chi connectivity index (χ2n) is 7.20. The highest BCUT2D eigenvalue weighted by atomic mass is 16.5. The van der Waals surface area contributed by atoms with E-state index in [9.17, 15) is 9.59 Å². The number of urea groups is 1. The number of methoxy groups -OCH3 is 1. The molecule has 0 aromatic heterocycles. The molecular weight excluding hydrogens is 382 g/mol. The van der Waals surface area contributed by atoms with Crippen molar-refractivity contribution in [2.24, 2.45) is 5.84 Å². The number of rotatable bonds is 7. The molecule has 0 radical (unpaired) electrons. The Morgan fingerprint density at radius 1 is 1.03 bits per heavy atom. The molecule has 0 spiro atoms. The Balaban J connectivity index is 1.72. The van der Waals surface area contributed by atoms with E-state index < -0.39 is 0 Å². The predicted molar refractivity (Wildman–Crippen MR) is 116 cm³/mol. The van der Waals surface area contributed by atoms with Crippen molar-refractivity contribution >= 4 is 17.6 Å². The number of carbonyl (C=O) groups excluding carboxylic acids is 2. The molecule has 8 heteroatoms. The number of hydrogen-bond acceptors (Lipinski definition) is 5. The zero-order valence-corrected chi connectivity index (χ0v) is 17.3. The number of anilines is 1. The molecule has 8 nitrogen and oxygen atoms in total. The van der Waals surface area contributed by atoms with Crippen LogP contribution in [-0.2, 0) is 11.3 Å². The lowest BCUT2D eigenvalue weighted by atomic mass is 10.1. The lowest BCUT2D eigenvalue weighted by Crippen LogP contribution is -2.53. The number of nitrogens with one attached hydrogen (secondary N) is 1. The van der Waals surface area contributed by atoms with E-state index in [-0.39, 0.29) is 11.9 Å². The number of ether oxygens (including phenoxy) is 1. The van der Waals surface area contributed by atoms with Gasteiger partial charge in [0.1, 0.15) is 0 Å². The molecule has 3 amide bonds. The molecule has 2 aromatic rings. The van der Waals surface area contributed by atoms with Crippen molar-refractivity contribution in [3.63, 3.8) is 0 Å². The average molecular weight is 412 g/mol. The molecule has 3 rings (SSSR count). The number of benzene rings is 2. The normalized spacial score (nSPS) is 14.4. The number of nitrogens with two attached hydrogens (primary N) is 1. The Kier molecular flexibility index (Phi) is 7.78. The van der Waals surface area contributed by atoms with Crippen LogP contribution in [0.15, 0.2) is 54.6 Å². The van der Waals surface area contributed by atoms with Crippen molar-refractivity contribution in [1.29, 1.82) is 0 Å². The second-order valence-corrected chi connectivity index (χ2v) is 7.20. The van der Waals surface area contributed by atoms with Gasteiger partial charge < -0.3 is 9.64 Å². The number of hydrogen-bond donors (Lipinski definition) is 2. The molecule has 1 aliphatic heterocycles. The topological polar surface area (TPSA) is 91.1 Å². The summed E-state index contributed by atoms with van der Waals surface area (Å²) in [6.45, 7) is 5.02. The minimum Gasteiger partial charge on any atom is -0.383 e. The van der Waals surface area contributed by atoms with Gasteiger partial charge in [0.2, 0.25) is 0 Å². The van der Waals surface area contributed by atoms with Crippen LogP contribution in [0.1, 0.15) is 15.9 Å². The van der Waals surface area contributed by atoms with Gasteiger partial charge in [0.05, 0.1) is 13.2 Å². The van der Waals surface area contributed by atoms with Crippen LogP contribution in [0.4, 0.5) is 10.5 Å². The van der Waals surface area contributed by atoms with Gasteiger partial charge in [-0.2, -0.15) is 0 Å². The van der Waals surface area contributed by atoms with Crippen molar-refractivity contribution in [2.75, 3.05) is 51.3 Å². The smallest absolute Gasteiger partial charge is 0.324 e. The maximum atomic E-state index is 13.4. The van der Waals surface area contributed by atoms with Crippen LogP contribution in [0.3, 0.4) is 0 Å². The first-order valence-electron chi connectivity index (χ1n) is 10.0. The van der Waals surface area contributed by atoms with Crippen molar-refractivity contribution in [1.82, 2.24) is 15.2 Å². The Bertz CT molecular complexity index is 820. The molecule has 0 atom stereocenters. The number of carbonyl (C=O) groups is 2. The maximum absolute atomic E-state index is 13.4. The lowest BCUT2D eigenvalue weighted by Gasteiger charge is -2.37. The third-order valence-electron chi connectivity index (χ3n) is 5.24. The van der Waals surface area contributed by atoms with Gasteiger partial charge in [0.25, 0.3) is 5.91 Å². The zero-order chi connectivity index (χ0) is 21.3. The molecule has 1 fully saturated rings. The van der Waals surface area contributed by atoms with E-state index in [0.717, 1.165) is 30.9 Å². The number of piperazine rings is 1. The van der Waals surface area contributed by atoms with E-state index in [1.54, 1.807) is 24.1 Å². The average Bonchev–Trinajstić information content (AvgIpc) is 2.81. The molecule has 3 N–H and O–H groups in total. The number of para-hydroxylation sites is 1. The minimum atomic E-state index is -0.344. The van der Waals surface area contributed by atoms with Gasteiger partial charge in [-0.05, 0) is 29.8 Å². The molecule has 0 saturated carbocycles. The van der Waals surface area contributed by atoms with Gasteiger partial charge in [-0.1, -0.05) is 30.3 Å². The van der Waals surface area contributed by atoms with Gasteiger partial charge >= 0.3 is 6.03 Å². The van der Waals surface area contributed by atoms with E-state index in [1.807, 2.05) is 47.4 Å². The largest absolute Gasteiger partial charge is 0.383 e. The first kappa shape index (κ1) is 21.8. The fraction of sp³-hybridized carbons (Fsp3) is 0.364. The Hall–Kier alpha value is -2.94. The summed E-state index contributed by atoms with van der Waals surface area (Å²) in [5.41, 5.74) is 4.37. The van der Waals surface area contributed by atoms with Gasteiger partial charge in [0.15, 0.2) is 0 Å². The first-order valence-corrected chi connectivity index (χ1v) is 10.0. The van der Waals surface area contributed by atoms with E-state index in [1.165, 1.54) is 0 Å². The van der Waals surface area contributed by atoms with Crippen LogP contribution in [0, 0.1) is 0 Å². The van der Waals surface area contributed by atoms with Gasteiger partial charge in [0, 0.05) is 51.1 Å². The standard InChI is InChI=1S/C22H29N5O3/c1-30-16-15-25-11-13-26(14-12-25)22(29)27(20-5-3-2-4-6-20)17-18-7-9-19(10-8-18)21(28)24-23/h2-10H,11-17,23H2,1H3,(H,24,28). The summed E-state index contributed by atoms with van der Waals surface area (Å²) in [5.74, 6) is 4.85. The van der Waals surface area contributed by atoms with Gasteiger partial charge in [-0.15, -0.1) is 0 Å². The fourth-order valence-corrected chi connectivity index (χ4v) is 3.46. The third-order valence-corrected chi connectivity index (χ3v) is 5.24. The number of hydrazine groups is 1. The third kappa shape index (κ3) is 5.56. The lowest BCUT2D eigenvalue weighted by molar-refractivity contribution is 0.0953. The zero-order valence-electron chi connectivity index (χ0n) is 17.3. The summed E-state index contributed by atoms with van der Waals surface area (Å²) in [6, 6.07) is 16.7. The summed E-state index contributed by atoms with van der Waals surface area (Å²) in [5, 5.41) is 0. The second kappa shape index (κ2) is 10.7.